The van der Waals surface area contributed by atoms with Crippen LogP contribution in [0.3, 0.4) is 0 Å². The molecule has 0 atom stereocenters. The van der Waals surface area contributed by atoms with Crippen LogP contribution in [0, 0.1) is 0 Å². The molecule has 0 fully saturated rings. The van der Waals surface area contributed by atoms with Crippen LogP contribution in [0.15, 0.2) is 53.5 Å². The number of nitrogens with zero attached hydrogens (tertiary/aromatic N) is 1. The zero-order chi connectivity index (χ0) is 16.9. The van der Waals surface area contributed by atoms with Crippen molar-refractivity contribution in [2.24, 2.45) is 10.7 Å². The van der Waals surface area contributed by atoms with Gasteiger partial charge in [0.25, 0.3) is 0 Å². The lowest BCUT2D eigenvalue weighted by atomic mass is 10.1. The lowest BCUT2D eigenvalue weighted by molar-refractivity contribution is -0.137. The van der Waals surface area contributed by atoms with Crippen molar-refractivity contribution >= 4 is 35.6 Å². The predicted molar refractivity (Wildman–Crippen MR) is 102 cm³/mol. The van der Waals surface area contributed by atoms with E-state index in [1.165, 1.54) is 17.7 Å². The largest absolute Gasteiger partial charge is 0.416 e. The zero-order valence-corrected chi connectivity index (χ0v) is 15.4. The number of aliphatic imine (C=N–C) groups is 1. The molecule has 0 unspecified atom stereocenters. The molecule has 2 aromatic carbocycles. The molecule has 0 saturated heterocycles. The molecule has 2 rings (SSSR count). The fourth-order valence-electron chi connectivity index (χ4n) is 2.03. The number of guanidine groups is 1. The maximum absolute atomic E-state index is 12.5. The van der Waals surface area contributed by atoms with E-state index in [0.29, 0.717) is 5.56 Å². The highest BCUT2D eigenvalue weighted by molar-refractivity contribution is 14.0. The second-order valence-corrected chi connectivity index (χ2v) is 5.08. The van der Waals surface area contributed by atoms with Crippen molar-refractivity contribution in [3.63, 3.8) is 0 Å². The standard InChI is InChI=1S/C17H18F3N3.HI/c1-2-12-4-3-5-15(10-12)23-16(21)22-11-13-6-8-14(9-7-13)17(18,19)20;/h3-10H,2,11H2,1H3,(H3,21,22,23);1H. The van der Waals surface area contributed by atoms with Gasteiger partial charge in [0.15, 0.2) is 5.96 Å². The molecule has 0 spiro atoms. The number of alkyl halides is 3. The summed E-state index contributed by atoms with van der Waals surface area (Å²) in [5.74, 6) is 0.221. The SMILES string of the molecule is CCc1cccc(NC(N)=NCc2ccc(C(F)(F)F)cc2)c1.I. The summed E-state index contributed by atoms with van der Waals surface area (Å²) in [6.45, 7) is 2.27. The van der Waals surface area contributed by atoms with E-state index < -0.39 is 11.7 Å². The van der Waals surface area contributed by atoms with Crippen molar-refractivity contribution in [3.8, 4) is 0 Å². The summed E-state index contributed by atoms with van der Waals surface area (Å²) in [6.07, 6.45) is -3.41. The summed E-state index contributed by atoms with van der Waals surface area (Å²) in [6, 6.07) is 12.7. The van der Waals surface area contributed by atoms with Gasteiger partial charge in [0.2, 0.25) is 0 Å². The Morgan fingerprint density at radius 1 is 1.08 bits per heavy atom. The Bertz CT molecular complexity index is 682. The van der Waals surface area contributed by atoms with Gasteiger partial charge in [-0.05, 0) is 41.8 Å². The summed E-state index contributed by atoms with van der Waals surface area (Å²) in [4.78, 5) is 4.14. The van der Waals surface area contributed by atoms with E-state index in [1.54, 1.807) is 0 Å². The van der Waals surface area contributed by atoms with E-state index in [9.17, 15) is 13.2 Å². The molecule has 0 aliphatic carbocycles. The summed E-state index contributed by atoms with van der Waals surface area (Å²) >= 11 is 0. The fraction of sp³-hybridized carbons (Fsp3) is 0.235. The molecule has 130 valence electrons. The molecule has 0 amide bonds. The first kappa shape index (κ1) is 20.3. The van der Waals surface area contributed by atoms with Gasteiger partial charge in [0.05, 0.1) is 12.1 Å². The number of hydrogen-bond donors (Lipinski definition) is 2. The number of hydrogen-bond acceptors (Lipinski definition) is 1. The molecule has 0 saturated carbocycles. The molecular weight excluding hydrogens is 430 g/mol. The van der Waals surface area contributed by atoms with E-state index >= 15 is 0 Å². The second kappa shape index (κ2) is 8.91. The van der Waals surface area contributed by atoms with E-state index in [-0.39, 0.29) is 36.5 Å². The highest BCUT2D eigenvalue weighted by Gasteiger charge is 2.29. The van der Waals surface area contributed by atoms with Gasteiger partial charge in [0.1, 0.15) is 0 Å². The number of nitrogens with one attached hydrogen (secondary N) is 1. The molecule has 2 aromatic rings. The Morgan fingerprint density at radius 2 is 1.75 bits per heavy atom. The lowest BCUT2D eigenvalue weighted by Crippen LogP contribution is -2.22. The maximum atomic E-state index is 12.5. The van der Waals surface area contributed by atoms with Crippen molar-refractivity contribution in [3.05, 3.63) is 65.2 Å². The minimum absolute atomic E-state index is 0. The minimum Gasteiger partial charge on any atom is -0.370 e. The number of anilines is 1. The van der Waals surface area contributed by atoms with Gasteiger partial charge in [-0.1, -0.05) is 31.2 Å². The maximum Gasteiger partial charge on any atom is 0.416 e. The molecule has 0 bridgehead atoms. The minimum atomic E-state index is -4.33. The van der Waals surface area contributed by atoms with Crippen LogP contribution in [0.25, 0.3) is 0 Å². The Balaban J connectivity index is 0.00000288. The van der Waals surface area contributed by atoms with Crippen molar-refractivity contribution < 1.29 is 13.2 Å². The topological polar surface area (TPSA) is 50.4 Å². The Kier molecular flexibility index (Phi) is 7.53. The monoisotopic (exact) mass is 449 g/mol. The average Bonchev–Trinajstić information content (AvgIpc) is 2.52. The third-order valence-corrected chi connectivity index (χ3v) is 3.32. The van der Waals surface area contributed by atoms with E-state index in [2.05, 4.69) is 17.2 Å². The van der Waals surface area contributed by atoms with E-state index in [4.69, 9.17) is 5.73 Å². The molecular formula is C17H19F3IN3. The van der Waals surface area contributed by atoms with Gasteiger partial charge in [-0.2, -0.15) is 13.2 Å². The highest BCUT2D eigenvalue weighted by atomic mass is 127. The Morgan fingerprint density at radius 3 is 2.33 bits per heavy atom. The number of nitrogens with two attached hydrogens (primary N) is 1. The van der Waals surface area contributed by atoms with Gasteiger partial charge in [-0.15, -0.1) is 24.0 Å². The van der Waals surface area contributed by atoms with Crippen LogP contribution in [-0.4, -0.2) is 5.96 Å². The molecule has 3 N–H and O–H groups in total. The third kappa shape index (κ3) is 6.03. The molecule has 0 heterocycles. The van der Waals surface area contributed by atoms with E-state index in [1.807, 2.05) is 24.3 Å². The molecule has 0 radical (unpaired) electrons. The predicted octanol–water partition coefficient (Wildman–Crippen LogP) is 4.81. The van der Waals surface area contributed by atoms with Gasteiger partial charge in [-0.25, -0.2) is 4.99 Å². The molecule has 24 heavy (non-hydrogen) atoms. The van der Waals surface area contributed by atoms with Crippen LogP contribution in [0.1, 0.15) is 23.6 Å². The van der Waals surface area contributed by atoms with Crippen LogP contribution in [0.5, 0.6) is 0 Å². The van der Waals surface area contributed by atoms with Crippen LogP contribution < -0.4 is 11.1 Å². The zero-order valence-electron chi connectivity index (χ0n) is 13.1. The highest BCUT2D eigenvalue weighted by Crippen LogP contribution is 2.29. The van der Waals surface area contributed by atoms with Crippen molar-refractivity contribution in [2.75, 3.05) is 5.32 Å². The van der Waals surface area contributed by atoms with Crippen LogP contribution >= 0.6 is 24.0 Å². The molecule has 0 aliphatic rings. The third-order valence-electron chi connectivity index (χ3n) is 3.32. The Hall–Kier alpha value is -1.77. The van der Waals surface area contributed by atoms with Gasteiger partial charge in [-0.3, -0.25) is 0 Å². The first-order valence-corrected chi connectivity index (χ1v) is 7.20. The summed E-state index contributed by atoms with van der Waals surface area (Å²) < 4.78 is 37.4. The summed E-state index contributed by atoms with van der Waals surface area (Å²) in [5.41, 5.74) is 7.79. The second-order valence-electron chi connectivity index (χ2n) is 5.08. The van der Waals surface area contributed by atoms with Crippen molar-refractivity contribution in [1.82, 2.24) is 0 Å². The first-order chi connectivity index (χ1) is 10.9. The van der Waals surface area contributed by atoms with Crippen LogP contribution in [0.2, 0.25) is 0 Å². The number of halogens is 4. The lowest BCUT2D eigenvalue weighted by Gasteiger charge is -2.08. The van der Waals surface area contributed by atoms with E-state index in [0.717, 1.165) is 24.2 Å². The average molecular weight is 449 g/mol. The first-order valence-electron chi connectivity index (χ1n) is 7.20. The van der Waals surface area contributed by atoms with Crippen molar-refractivity contribution in [2.45, 2.75) is 26.1 Å². The van der Waals surface area contributed by atoms with Gasteiger partial charge < -0.3 is 11.1 Å². The summed E-state index contributed by atoms with van der Waals surface area (Å²) in [7, 11) is 0. The molecule has 7 heteroatoms. The quantitative estimate of drug-likeness (QED) is 0.400. The molecule has 0 aliphatic heterocycles. The number of aryl methyl sites for hydroxylation is 1. The number of benzene rings is 2. The molecule has 3 nitrogen and oxygen atoms in total. The van der Waals surface area contributed by atoms with Crippen LogP contribution in [-0.2, 0) is 19.1 Å². The van der Waals surface area contributed by atoms with Gasteiger partial charge in [0, 0.05) is 5.69 Å². The fourth-order valence-corrected chi connectivity index (χ4v) is 2.03. The van der Waals surface area contributed by atoms with Gasteiger partial charge >= 0.3 is 6.18 Å². The molecule has 0 aromatic heterocycles. The van der Waals surface area contributed by atoms with Crippen LogP contribution in [0.4, 0.5) is 18.9 Å². The van der Waals surface area contributed by atoms with Crippen molar-refractivity contribution in [1.29, 1.82) is 0 Å². The smallest absolute Gasteiger partial charge is 0.370 e. The Labute approximate surface area is 156 Å². The number of rotatable bonds is 4. The normalized spacial score (nSPS) is 11.8. The summed E-state index contributed by atoms with van der Waals surface area (Å²) in [5, 5.41) is 2.97.